The fourth-order valence-electron chi connectivity index (χ4n) is 1.67. The molecule has 3 N–H and O–H groups in total. The predicted molar refractivity (Wildman–Crippen MR) is 52.6 cm³/mol. The molecule has 1 aromatic rings. The number of sulfonamides is 1. The predicted octanol–water partition coefficient (Wildman–Crippen LogP) is -0.627. The minimum absolute atomic E-state index is 0.169. The Kier molecular flexibility index (Phi) is 2.51. The van der Waals surface area contributed by atoms with E-state index in [4.69, 9.17) is 5.11 Å². The van der Waals surface area contributed by atoms with Gasteiger partial charge in [0.25, 0.3) is 0 Å². The molecule has 0 saturated carbocycles. The molecule has 0 spiro atoms. The van der Waals surface area contributed by atoms with E-state index in [1.54, 1.807) is 18.2 Å². The lowest BCUT2D eigenvalue weighted by atomic mass is 10.0. The lowest BCUT2D eigenvalue weighted by molar-refractivity contribution is 0.0702. The summed E-state index contributed by atoms with van der Waals surface area (Å²) in [4.78, 5) is 0.169. The van der Waals surface area contributed by atoms with E-state index < -0.39 is 28.8 Å². The molecule has 1 aromatic carbocycles. The molecule has 0 aromatic heterocycles. The zero-order chi connectivity index (χ0) is 11.1. The number of aliphatic hydroxyl groups excluding tert-OH is 2. The van der Waals surface area contributed by atoms with Crippen molar-refractivity contribution in [3.63, 3.8) is 0 Å². The number of benzene rings is 1. The molecule has 0 radical (unpaired) electrons. The molecule has 0 aliphatic carbocycles. The minimum atomic E-state index is -3.53. The maximum absolute atomic E-state index is 11.6. The molecule has 1 aliphatic heterocycles. The number of aliphatic hydroxyl groups is 2. The molecule has 0 fully saturated rings. The molecule has 5 nitrogen and oxygen atoms in total. The van der Waals surface area contributed by atoms with Gasteiger partial charge in [-0.2, -0.15) is 0 Å². The van der Waals surface area contributed by atoms with E-state index in [0.29, 0.717) is 5.56 Å². The highest BCUT2D eigenvalue weighted by Gasteiger charge is 2.37. The van der Waals surface area contributed by atoms with Gasteiger partial charge in [-0.3, -0.25) is 0 Å². The lowest BCUT2D eigenvalue weighted by Crippen LogP contribution is -2.31. The summed E-state index contributed by atoms with van der Waals surface area (Å²) in [5.74, 6) is 0. The van der Waals surface area contributed by atoms with Crippen LogP contribution in [0.15, 0.2) is 29.2 Å². The van der Waals surface area contributed by atoms with Crippen molar-refractivity contribution in [2.75, 3.05) is 6.61 Å². The number of rotatable bonds is 2. The van der Waals surface area contributed by atoms with Gasteiger partial charge in [-0.25, -0.2) is 13.1 Å². The van der Waals surface area contributed by atoms with Crippen molar-refractivity contribution in [2.24, 2.45) is 0 Å². The van der Waals surface area contributed by atoms with Crippen LogP contribution in [0.2, 0.25) is 0 Å². The smallest absolute Gasteiger partial charge is 0.241 e. The summed E-state index contributed by atoms with van der Waals surface area (Å²) in [5.41, 5.74) is 0.499. The van der Waals surface area contributed by atoms with E-state index in [-0.39, 0.29) is 4.90 Å². The Morgan fingerprint density at radius 3 is 2.73 bits per heavy atom. The van der Waals surface area contributed by atoms with Gasteiger partial charge < -0.3 is 10.2 Å². The average molecular weight is 229 g/mol. The Labute approximate surface area is 87.4 Å². The van der Waals surface area contributed by atoms with Crippen LogP contribution in [-0.2, 0) is 10.0 Å². The Balaban J connectivity index is 2.52. The topological polar surface area (TPSA) is 86.6 Å². The summed E-state index contributed by atoms with van der Waals surface area (Å²) in [6.07, 6.45) is -1.12. The third kappa shape index (κ3) is 1.65. The molecule has 2 rings (SSSR count). The van der Waals surface area contributed by atoms with Gasteiger partial charge in [-0.05, 0) is 11.6 Å². The standard InChI is InChI=1S/C9H11NO4S/c11-5-7(12)9-6-3-1-2-4-8(6)15(13,14)10-9/h1-4,7,9-12H,5H2/t7-,9+/m0/s1. The second kappa shape index (κ2) is 3.57. The van der Waals surface area contributed by atoms with Crippen LogP contribution in [0.4, 0.5) is 0 Å². The van der Waals surface area contributed by atoms with Gasteiger partial charge in [0, 0.05) is 0 Å². The molecule has 1 heterocycles. The maximum Gasteiger partial charge on any atom is 0.241 e. The van der Waals surface area contributed by atoms with Crippen molar-refractivity contribution in [3.8, 4) is 0 Å². The van der Waals surface area contributed by atoms with Crippen LogP contribution in [0, 0.1) is 0 Å². The normalized spacial score (nSPS) is 24.8. The highest BCUT2D eigenvalue weighted by molar-refractivity contribution is 7.89. The molecule has 0 unspecified atom stereocenters. The van der Waals surface area contributed by atoms with Crippen LogP contribution in [-0.4, -0.2) is 31.3 Å². The average Bonchev–Trinajstić information content (AvgIpc) is 2.51. The Morgan fingerprint density at radius 1 is 1.40 bits per heavy atom. The molecule has 6 heteroatoms. The largest absolute Gasteiger partial charge is 0.394 e. The number of hydrogen-bond acceptors (Lipinski definition) is 4. The zero-order valence-electron chi connectivity index (χ0n) is 7.79. The molecule has 15 heavy (non-hydrogen) atoms. The molecular formula is C9H11NO4S. The summed E-state index contributed by atoms with van der Waals surface area (Å²) in [7, 11) is -3.53. The van der Waals surface area contributed by atoms with E-state index in [1.807, 2.05) is 0 Å². The second-order valence-corrected chi connectivity index (χ2v) is 5.07. The van der Waals surface area contributed by atoms with Gasteiger partial charge in [-0.1, -0.05) is 18.2 Å². The Hall–Kier alpha value is -0.950. The van der Waals surface area contributed by atoms with E-state index in [1.165, 1.54) is 6.07 Å². The van der Waals surface area contributed by atoms with Gasteiger partial charge in [0.05, 0.1) is 23.6 Å². The monoisotopic (exact) mass is 229 g/mol. The van der Waals surface area contributed by atoms with Crippen molar-refractivity contribution in [2.45, 2.75) is 17.0 Å². The summed E-state index contributed by atoms with van der Waals surface area (Å²) >= 11 is 0. The summed E-state index contributed by atoms with van der Waals surface area (Å²) in [6.45, 7) is -0.485. The molecule has 1 aliphatic rings. The van der Waals surface area contributed by atoms with Crippen molar-refractivity contribution in [1.29, 1.82) is 0 Å². The number of nitrogens with one attached hydrogen (secondary N) is 1. The molecule has 0 amide bonds. The highest BCUT2D eigenvalue weighted by Crippen LogP contribution is 2.32. The van der Waals surface area contributed by atoms with Crippen molar-refractivity contribution in [1.82, 2.24) is 4.72 Å². The lowest BCUT2D eigenvalue weighted by Gasteiger charge is -2.15. The Bertz CT molecular complexity index is 471. The van der Waals surface area contributed by atoms with Crippen molar-refractivity contribution >= 4 is 10.0 Å². The summed E-state index contributed by atoms with van der Waals surface area (Å²) < 4.78 is 25.5. The molecular weight excluding hydrogens is 218 g/mol. The first-order valence-electron chi connectivity index (χ1n) is 4.46. The molecule has 0 bridgehead atoms. The third-order valence-electron chi connectivity index (χ3n) is 2.40. The van der Waals surface area contributed by atoms with E-state index in [2.05, 4.69) is 4.72 Å². The van der Waals surface area contributed by atoms with Gasteiger partial charge in [0.1, 0.15) is 0 Å². The van der Waals surface area contributed by atoms with Crippen LogP contribution in [0.1, 0.15) is 11.6 Å². The molecule has 0 saturated heterocycles. The van der Waals surface area contributed by atoms with Crippen molar-refractivity contribution < 1.29 is 18.6 Å². The van der Waals surface area contributed by atoms with Crippen molar-refractivity contribution in [3.05, 3.63) is 29.8 Å². The quantitative estimate of drug-likeness (QED) is 0.630. The fourth-order valence-corrected chi connectivity index (χ4v) is 3.18. The fraction of sp³-hybridized carbons (Fsp3) is 0.333. The summed E-state index contributed by atoms with van der Waals surface area (Å²) in [5, 5.41) is 18.3. The SMILES string of the molecule is O=S1(=O)N[C@@H]([C@@H](O)CO)c2ccccc21. The number of fused-ring (bicyclic) bond motifs is 1. The van der Waals surface area contributed by atoms with Gasteiger partial charge in [-0.15, -0.1) is 0 Å². The van der Waals surface area contributed by atoms with Crippen LogP contribution < -0.4 is 4.72 Å². The van der Waals surface area contributed by atoms with E-state index in [0.717, 1.165) is 0 Å². The Morgan fingerprint density at radius 2 is 2.07 bits per heavy atom. The minimum Gasteiger partial charge on any atom is -0.394 e. The second-order valence-electron chi connectivity index (χ2n) is 3.39. The first-order valence-corrected chi connectivity index (χ1v) is 5.95. The van der Waals surface area contributed by atoms with E-state index >= 15 is 0 Å². The first-order chi connectivity index (χ1) is 7.06. The zero-order valence-corrected chi connectivity index (χ0v) is 8.61. The molecule has 82 valence electrons. The van der Waals surface area contributed by atoms with Gasteiger partial charge in [0.15, 0.2) is 0 Å². The van der Waals surface area contributed by atoms with Crippen LogP contribution >= 0.6 is 0 Å². The van der Waals surface area contributed by atoms with Gasteiger partial charge in [0.2, 0.25) is 10.0 Å². The molecule has 2 atom stereocenters. The highest BCUT2D eigenvalue weighted by atomic mass is 32.2. The number of hydrogen-bond donors (Lipinski definition) is 3. The first kappa shape index (κ1) is 10.6. The summed E-state index contributed by atoms with van der Waals surface area (Å²) in [6, 6.07) is 5.65. The van der Waals surface area contributed by atoms with Crippen LogP contribution in [0.5, 0.6) is 0 Å². The third-order valence-corrected chi connectivity index (χ3v) is 3.91. The maximum atomic E-state index is 11.6. The van der Waals surface area contributed by atoms with E-state index in [9.17, 15) is 13.5 Å². The van der Waals surface area contributed by atoms with Crippen LogP contribution in [0.3, 0.4) is 0 Å². The van der Waals surface area contributed by atoms with Crippen LogP contribution in [0.25, 0.3) is 0 Å². The van der Waals surface area contributed by atoms with Gasteiger partial charge >= 0.3 is 0 Å².